The van der Waals surface area contributed by atoms with Gasteiger partial charge in [-0.05, 0) is 51.2 Å². The molecule has 0 N–H and O–H groups in total. The van der Waals surface area contributed by atoms with Crippen LogP contribution in [0.5, 0.6) is 0 Å². The molecule has 1 aliphatic rings. The predicted molar refractivity (Wildman–Crippen MR) is 77.6 cm³/mol. The summed E-state index contributed by atoms with van der Waals surface area (Å²) in [7, 11) is 0. The van der Waals surface area contributed by atoms with Crippen LogP contribution in [0.15, 0.2) is 36.4 Å². The Morgan fingerprint density at radius 3 is 2.42 bits per heavy atom. The van der Waals surface area contributed by atoms with E-state index in [9.17, 15) is 4.79 Å². The van der Waals surface area contributed by atoms with Crippen molar-refractivity contribution in [2.24, 2.45) is 5.92 Å². The molecule has 1 aromatic rings. The zero-order valence-electron chi connectivity index (χ0n) is 12.0. The van der Waals surface area contributed by atoms with Gasteiger partial charge in [-0.3, -0.25) is 4.79 Å². The van der Waals surface area contributed by atoms with E-state index in [4.69, 9.17) is 4.74 Å². The van der Waals surface area contributed by atoms with Crippen molar-refractivity contribution in [2.45, 2.75) is 45.6 Å². The lowest BCUT2D eigenvalue weighted by molar-refractivity contribution is -0.160. The fraction of sp³-hybridized carbons (Fsp3) is 0.471. The molecule has 1 atom stereocenters. The Morgan fingerprint density at radius 1 is 1.21 bits per heavy atom. The normalized spacial score (nSPS) is 19.7. The van der Waals surface area contributed by atoms with Crippen molar-refractivity contribution in [1.29, 1.82) is 0 Å². The van der Waals surface area contributed by atoms with E-state index in [1.165, 1.54) is 11.1 Å². The SMILES string of the molecule is CC(C)(C)OC(=O)C1CC=C(c2ccccc2)CC1. The third-order valence-corrected chi connectivity index (χ3v) is 3.30. The summed E-state index contributed by atoms with van der Waals surface area (Å²) in [5, 5.41) is 0. The summed E-state index contributed by atoms with van der Waals surface area (Å²) in [5.74, 6) is -0.0393. The maximum Gasteiger partial charge on any atom is 0.309 e. The van der Waals surface area contributed by atoms with Crippen LogP contribution >= 0.6 is 0 Å². The fourth-order valence-corrected chi connectivity index (χ4v) is 2.35. The minimum absolute atomic E-state index is 0.0201. The van der Waals surface area contributed by atoms with Gasteiger partial charge in [-0.1, -0.05) is 36.4 Å². The molecule has 0 aliphatic heterocycles. The maximum atomic E-state index is 12.0. The second-order valence-corrected chi connectivity index (χ2v) is 6.10. The lowest BCUT2D eigenvalue weighted by Crippen LogP contribution is -2.29. The van der Waals surface area contributed by atoms with Gasteiger partial charge >= 0.3 is 5.97 Å². The number of esters is 1. The summed E-state index contributed by atoms with van der Waals surface area (Å²) in [6.07, 6.45) is 4.82. The van der Waals surface area contributed by atoms with E-state index in [1.807, 2.05) is 26.8 Å². The molecule has 102 valence electrons. The number of hydrogen-bond acceptors (Lipinski definition) is 2. The first-order valence-corrected chi connectivity index (χ1v) is 6.93. The van der Waals surface area contributed by atoms with Gasteiger partial charge in [0.25, 0.3) is 0 Å². The third kappa shape index (κ3) is 3.95. The zero-order chi connectivity index (χ0) is 13.9. The molecule has 0 amide bonds. The molecule has 2 heteroatoms. The molecule has 0 saturated carbocycles. The molecule has 0 heterocycles. The Hall–Kier alpha value is -1.57. The van der Waals surface area contributed by atoms with Crippen molar-refractivity contribution in [3.05, 3.63) is 42.0 Å². The van der Waals surface area contributed by atoms with Crippen LogP contribution in [0.4, 0.5) is 0 Å². The summed E-state index contributed by atoms with van der Waals surface area (Å²) in [4.78, 5) is 12.0. The average Bonchev–Trinajstić information content (AvgIpc) is 2.38. The number of allylic oxidation sites excluding steroid dienone is 2. The number of carbonyl (C=O) groups is 1. The van der Waals surface area contributed by atoms with E-state index in [1.54, 1.807) is 0 Å². The van der Waals surface area contributed by atoms with Gasteiger partial charge < -0.3 is 4.74 Å². The quantitative estimate of drug-likeness (QED) is 0.743. The van der Waals surface area contributed by atoms with Crippen LogP contribution in [-0.2, 0) is 9.53 Å². The van der Waals surface area contributed by atoms with Crippen molar-refractivity contribution in [2.75, 3.05) is 0 Å². The Bertz CT molecular complexity index is 466. The summed E-state index contributed by atoms with van der Waals surface area (Å²) >= 11 is 0. The highest BCUT2D eigenvalue weighted by molar-refractivity contribution is 5.76. The number of benzene rings is 1. The van der Waals surface area contributed by atoms with E-state index in [0.717, 1.165) is 19.3 Å². The number of carbonyl (C=O) groups excluding carboxylic acids is 1. The summed E-state index contributed by atoms with van der Waals surface area (Å²) in [6, 6.07) is 10.4. The van der Waals surface area contributed by atoms with E-state index in [0.29, 0.717) is 0 Å². The van der Waals surface area contributed by atoms with Crippen molar-refractivity contribution in [3.8, 4) is 0 Å². The van der Waals surface area contributed by atoms with Gasteiger partial charge in [0.05, 0.1) is 5.92 Å². The molecular weight excluding hydrogens is 236 g/mol. The lowest BCUT2D eigenvalue weighted by Gasteiger charge is -2.26. The van der Waals surface area contributed by atoms with Crippen LogP contribution in [-0.4, -0.2) is 11.6 Å². The third-order valence-electron chi connectivity index (χ3n) is 3.30. The smallest absolute Gasteiger partial charge is 0.309 e. The van der Waals surface area contributed by atoms with Crippen molar-refractivity contribution < 1.29 is 9.53 Å². The van der Waals surface area contributed by atoms with Crippen LogP contribution < -0.4 is 0 Å². The Balaban J connectivity index is 1.98. The minimum Gasteiger partial charge on any atom is -0.460 e. The molecule has 19 heavy (non-hydrogen) atoms. The topological polar surface area (TPSA) is 26.3 Å². The highest BCUT2D eigenvalue weighted by atomic mass is 16.6. The number of rotatable bonds is 2. The monoisotopic (exact) mass is 258 g/mol. The molecule has 0 spiro atoms. The summed E-state index contributed by atoms with van der Waals surface area (Å²) in [6.45, 7) is 5.75. The van der Waals surface area contributed by atoms with Gasteiger partial charge in [-0.25, -0.2) is 0 Å². The Labute approximate surface area is 115 Å². The van der Waals surface area contributed by atoms with Crippen LogP contribution in [0.3, 0.4) is 0 Å². The molecule has 2 rings (SSSR count). The molecule has 1 unspecified atom stereocenters. The van der Waals surface area contributed by atoms with Crippen molar-refractivity contribution in [1.82, 2.24) is 0 Å². The van der Waals surface area contributed by atoms with Crippen LogP contribution in [0.25, 0.3) is 5.57 Å². The van der Waals surface area contributed by atoms with Gasteiger partial charge in [0, 0.05) is 0 Å². The van der Waals surface area contributed by atoms with Crippen LogP contribution in [0.1, 0.15) is 45.6 Å². The number of ether oxygens (including phenoxy) is 1. The minimum atomic E-state index is -0.388. The molecule has 2 nitrogen and oxygen atoms in total. The van der Waals surface area contributed by atoms with Gasteiger partial charge in [-0.2, -0.15) is 0 Å². The second kappa shape index (κ2) is 5.60. The predicted octanol–water partition coefficient (Wildman–Crippen LogP) is 4.21. The Kier molecular flexibility index (Phi) is 4.08. The molecule has 0 aromatic heterocycles. The fourth-order valence-electron chi connectivity index (χ4n) is 2.35. The second-order valence-electron chi connectivity index (χ2n) is 6.10. The lowest BCUT2D eigenvalue weighted by atomic mass is 9.86. The van der Waals surface area contributed by atoms with Crippen LogP contribution in [0, 0.1) is 5.92 Å². The number of hydrogen-bond donors (Lipinski definition) is 0. The largest absolute Gasteiger partial charge is 0.460 e. The van der Waals surface area contributed by atoms with Crippen molar-refractivity contribution in [3.63, 3.8) is 0 Å². The van der Waals surface area contributed by atoms with E-state index >= 15 is 0 Å². The van der Waals surface area contributed by atoms with E-state index in [-0.39, 0.29) is 17.5 Å². The maximum absolute atomic E-state index is 12.0. The summed E-state index contributed by atoms with van der Waals surface area (Å²) < 4.78 is 5.45. The standard InChI is InChI=1S/C17H22O2/c1-17(2,3)19-16(18)15-11-9-14(10-12-15)13-7-5-4-6-8-13/h4-9,15H,10-12H2,1-3H3. The molecular formula is C17H22O2. The Morgan fingerprint density at radius 2 is 1.89 bits per heavy atom. The zero-order valence-corrected chi connectivity index (χ0v) is 12.0. The first-order chi connectivity index (χ1) is 8.96. The van der Waals surface area contributed by atoms with Gasteiger partial charge in [0.15, 0.2) is 0 Å². The molecule has 0 fully saturated rings. The van der Waals surface area contributed by atoms with Crippen LogP contribution in [0.2, 0.25) is 0 Å². The van der Waals surface area contributed by atoms with Gasteiger partial charge in [0.1, 0.15) is 5.60 Å². The average molecular weight is 258 g/mol. The molecule has 1 aliphatic carbocycles. The van der Waals surface area contributed by atoms with Crippen molar-refractivity contribution >= 4 is 11.5 Å². The first-order valence-electron chi connectivity index (χ1n) is 6.93. The van der Waals surface area contributed by atoms with Gasteiger partial charge in [0.2, 0.25) is 0 Å². The van der Waals surface area contributed by atoms with E-state index in [2.05, 4.69) is 30.3 Å². The first kappa shape index (κ1) is 13.9. The van der Waals surface area contributed by atoms with Gasteiger partial charge in [-0.15, -0.1) is 0 Å². The van der Waals surface area contributed by atoms with E-state index < -0.39 is 0 Å². The highest BCUT2D eigenvalue weighted by Crippen LogP contribution is 2.31. The molecule has 0 saturated heterocycles. The molecule has 1 aromatic carbocycles. The highest BCUT2D eigenvalue weighted by Gasteiger charge is 2.26. The molecule has 0 radical (unpaired) electrons. The molecule has 0 bridgehead atoms. The summed E-state index contributed by atoms with van der Waals surface area (Å²) in [5.41, 5.74) is 2.23.